The Morgan fingerprint density at radius 2 is 1.74 bits per heavy atom. The zero-order valence-corrected chi connectivity index (χ0v) is 11.6. The second-order valence-electron chi connectivity index (χ2n) is 5.06. The molecule has 0 N–H and O–H groups in total. The number of esters is 1. The molecule has 1 aromatic carbocycles. The maximum absolute atomic E-state index is 12.3. The molecule has 1 atom stereocenters. The Morgan fingerprint density at radius 3 is 2.21 bits per heavy atom. The van der Waals surface area contributed by atoms with Crippen LogP contribution < -0.4 is 0 Å². The molecule has 0 bridgehead atoms. The quantitative estimate of drug-likeness (QED) is 0.782. The molecule has 1 amide bonds. The van der Waals surface area contributed by atoms with Crippen LogP contribution in [0.15, 0.2) is 24.3 Å². The first kappa shape index (κ1) is 13.6. The lowest BCUT2D eigenvalue weighted by Gasteiger charge is -2.25. The van der Waals surface area contributed by atoms with Crippen LogP contribution in [0.5, 0.6) is 0 Å². The normalized spacial score (nSPS) is 15.7. The van der Waals surface area contributed by atoms with Gasteiger partial charge in [0.1, 0.15) is 0 Å². The van der Waals surface area contributed by atoms with Gasteiger partial charge < -0.3 is 9.64 Å². The zero-order valence-electron chi connectivity index (χ0n) is 11.6. The number of methoxy groups -OCH3 is 1. The van der Waals surface area contributed by atoms with E-state index in [1.54, 1.807) is 29.2 Å². The fraction of sp³-hybridized carbons (Fsp3) is 0.467. The second kappa shape index (κ2) is 5.43. The van der Waals surface area contributed by atoms with E-state index in [1.165, 1.54) is 20.0 Å². The summed E-state index contributed by atoms with van der Waals surface area (Å²) in [6, 6.07) is 6.85. The van der Waals surface area contributed by atoms with Crippen molar-refractivity contribution in [2.75, 3.05) is 14.2 Å². The number of ether oxygens (including phenoxy) is 1. The van der Waals surface area contributed by atoms with Gasteiger partial charge >= 0.3 is 5.97 Å². The summed E-state index contributed by atoms with van der Waals surface area (Å²) in [6.45, 7) is 2.08. The minimum Gasteiger partial charge on any atom is -0.465 e. The Balaban J connectivity index is 2.08. The van der Waals surface area contributed by atoms with E-state index < -0.39 is 5.97 Å². The van der Waals surface area contributed by atoms with Gasteiger partial charge in [0.25, 0.3) is 5.91 Å². The van der Waals surface area contributed by atoms with Gasteiger partial charge in [0.2, 0.25) is 0 Å². The number of amides is 1. The average Bonchev–Trinajstić information content (AvgIpc) is 3.28. The molecule has 1 aromatic rings. The van der Waals surface area contributed by atoms with E-state index in [0.29, 0.717) is 17.0 Å². The summed E-state index contributed by atoms with van der Waals surface area (Å²) in [5.41, 5.74) is 1.06. The monoisotopic (exact) mass is 261 g/mol. The Morgan fingerprint density at radius 1 is 1.21 bits per heavy atom. The minimum atomic E-state index is -0.390. The topological polar surface area (TPSA) is 46.6 Å². The van der Waals surface area contributed by atoms with Gasteiger partial charge in [-0.15, -0.1) is 0 Å². The molecule has 1 aliphatic rings. The van der Waals surface area contributed by atoms with Crippen molar-refractivity contribution >= 4 is 11.9 Å². The van der Waals surface area contributed by atoms with Crippen molar-refractivity contribution in [2.45, 2.75) is 25.8 Å². The molecule has 4 nitrogen and oxygen atoms in total. The van der Waals surface area contributed by atoms with Crippen molar-refractivity contribution in [3.63, 3.8) is 0 Å². The number of rotatable bonds is 4. The van der Waals surface area contributed by atoms with Gasteiger partial charge in [0.15, 0.2) is 0 Å². The Hall–Kier alpha value is -1.84. The van der Waals surface area contributed by atoms with Crippen LogP contribution in [0.3, 0.4) is 0 Å². The summed E-state index contributed by atoms with van der Waals surface area (Å²) in [6.07, 6.45) is 2.42. The van der Waals surface area contributed by atoms with Crippen molar-refractivity contribution < 1.29 is 14.3 Å². The van der Waals surface area contributed by atoms with Gasteiger partial charge in [0.05, 0.1) is 12.7 Å². The summed E-state index contributed by atoms with van der Waals surface area (Å²) in [7, 11) is 3.17. The first-order valence-corrected chi connectivity index (χ1v) is 6.50. The van der Waals surface area contributed by atoms with Crippen LogP contribution in [0.1, 0.15) is 40.5 Å². The van der Waals surface area contributed by atoms with E-state index in [9.17, 15) is 9.59 Å². The molecular formula is C15H19NO3. The van der Waals surface area contributed by atoms with Crippen LogP contribution in [0.4, 0.5) is 0 Å². The molecule has 0 saturated heterocycles. The first-order valence-electron chi connectivity index (χ1n) is 6.50. The molecule has 0 heterocycles. The van der Waals surface area contributed by atoms with Gasteiger partial charge in [0, 0.05) is 18.7 Å². The van der Waals surface area contributed by atoms with Crippen molar-refractivity contribution in [1.29, 1.82) is 0 Å². The molecular weight excluding hydrogens is 242 g/mol. The van der Waals surface area contributed by atoms with Gasteiger partial charge in [-0.3, -0.25) is 4.79 Å². The summed E-state index contributed by atoms with van der Waals surface area (Å²) in [5, 5.41) is 0. The van der Waals surface area contributed by atoms with E-state index in [1.807, 2.05) is 7.05 Å². The maximum Gasteiger partial charge on any atom is 0.337 e. The van der Waals surface area contributed by atoms with E-state index in [0.717, 1.165) is 0 Å². The van der Waals surface area contributed by atoms with Crippen molar-refractivity contribution in [1.82, 2.24) is 4.90 Å². The van der Waals surface area contributed by atoms with Crippen LogP contribution in [-0.4, -0.2) is 37.0 Å². The zero-order chi connectivity index (χ0) is 14.0. The van der Waals surface area contributed by atoms with Gasteiger partial charge in [-0.1, -0.05) is 0 Å². The first-order chi connectivity index (χ1) is 9.04. The predicted molar refractivity (Wildman–Crippen MR) is 72.1 cm³/mol. The number of hydrogen-bond acceptors (Lipinski definition) is 3. The van der Waals surface area contributed by atoms with Crippen LogP contribution in [0, 0.1) is 5.92 Å². The van der Waals surface area contributed by atoms with Gasteiger partial charge in [-0.25, -0.2) is 4.79 Å². The number of carbonyl (C=O) groups is 2. The van der Waals surface area contributed by atoms with E-state index in [2.05, 4.69) is 11.7 Å². The minimum absolute atomic E-state index is 0.00387. The standard InChI is InChI=1S/C15H19NO3/c1-10(11-4-5-11)16(2)14(17)12-6-8-13(9-7-12)15(18)19-3/h6-11H,4-5H2,1-3H3. The van der Waals surface area contributed by atoms with E-state index in [-0.39, 0.29) is 11.9 Å². The summed E-state index contributed by atoms with van der Waals surface area (Å²) in [5.74, 6) is 0.248. The number of benzene rings is 1. The SMILES string of the molecule is COC(=O)c1ccc(C(=O)N(C)C(C)C2CC2)cc1. The predicted octanol–water partition coefficient (Wildman–Crippen LogP) is 2.34. The molecule has 1 aliphatic carbocycles. The van der Waals surface area contributed by atoms with Crippen molar-refractivity contribution in [2.24, 2.45) is 5.92 Å². The van der Waals surface area contributed by atoms with Crippen LogP contribution in [0.2, 0.25) is 0 Å². The van der Waals surface area contributed by atoms with E-state index in [4.69, 9.17) is 0 Å². The highest BCUT2D eigenvalue weighted by molar-refractivity contribution is 5.96. The third-order valence-electron chi connectivity index (χ3n) is 3.79. The van der Waals surface area contributed by atoms with Crippen LogP contribution in [0.25, 0.3) is 0 Å². The van der Waals surface area contributed by atoms with Gasteiger partial charge in [-0.2, -0.15) is 0 Å². The maximum atomic E-state index is 12.3. The Bertz CT molecular complexity index is 477. The molecule has 0 aromatic heterocycles. The summed E-state index contributed by atoms with van der Waals surface area (Å²) < 4.78 is 4.63. The number of carbonyl (C=O) groups excluding carboxylic acids is 2. The molecule has 19 heavy (non-hydrogen) atoms. The molecule has 2 rings (SSSR count). The summed E-state index contributed by atoms with van der Waals surface area (Å²) >= 11 is 0. The van der Waals surface area contributed by atoms with Crippen molar-refractivity contribution in [3.05, 3.63) is 35.4 Å². The fourth-order valence-electron chi connectivity index (χ4n) is 2.15. The highest BCUT2D eigenvalue weighted by Crippen LogP contribution is 2.35. The highest BCUT2D eigenvalue weighted by atomic mass is 16.5. The Kier molecular flexibility index (Phi) is 3.88. The van der Waals surface area contributed by atoms with Crippen LogP contribution in [-0.2, 0) is 4.74 Å². The lowest BCUT2D eigenvalue weighted by atomic mass is 10.1. The molecule has 102 valence electrons. The highest BCUT2D eigenvalue weighted by Gasteiger charge is 2.32. The smallest absolute Gasteiger partial charge is 0.337 e. The molecule has 0 aliphatic heterocycles. The third kappa shape index (κ3) is 2.95. The number of hydrogen-bond donors (Lipinski definition) is 0. The lowest BCUT2D eigenvalue weighted by molar-refractivity contribution is 0.0599. The molecule has 4 heteroatoms. The molecule has 0 radical (unpaired) electrons. The molecule has 0 spiro atoms. The average molecular weight is 261 g/mol. The lowest BCUT2D eigenvalue weighted by Crippen LogP contribution is -2.36. The van der Waals surface area contributed by atoms with E-state index >= 15 is 0 Å². The Labute approximate surface area is 113 Å². The molecule has 1 saturated carbocycles. The fourth-order valence-corrected chi connectivity index (χ4v) is 2.15. The molecule has 1 unspecified atom stereocenters. The second-order valence-corrected chi connectivity index (χ2v) is 5.06. The third-order valence-corrected chi connectivity index (χ3v) is 3.79. The van der Waals surface area contributed by atoms with Gasteiger partial charge in [-0.05, 0) is 49.9 Å². The van der Waals surface area contributed by atoms with Crippen LogP contribution >= 0.6 is 0 Å². The van der Waals surface area contributed by atoms with Crippen molar-refractivity contribution in [3.8, 4) is 0 Å². The molecule has 1 fully saturated rings. The number of nitrogens with zero attached hydrogens (tertiary/aromatic N) is 1. The summed E-state index contributed by atoms with van der Waals surface area (Å²) in [4.78, 5) is 25.4. The largest absolute Gasteiger partial charge is 0.465 e.